The minimum absolute atomic E-state index is 0.229. The topological polar surface area (TPSA) is 26.3 Å². The van der Waals surface area contributed by atoms with E-state index in [9.17, 15) is 4.79 Å². The molecule has 0 aliphatic rings. The van der Waals surface area contributed by atoms with Gasteiger partial charge < -0.3 is 4.74 Å². The normalized spacial score (nSPS) is 12.4. The zero-order chi connectivity index (χ0) is 13.3. The monoisotopic (exact) mass is 254 g/mol. The lowest BCUT2D eigenvalue weighted by Gasteiger charge is -2.28. The van der Waals surface area contributed by atoms with E-state index in [-0.39, 0.29) is 5.97 Å². The first-order valence-electron chi connectivity index (χ1n) is 5.62. The molecule has 0 saturated carbocycles. The summed E-state index contributed by atoms with van der Waals surface area (Å²) in [4.78, 5) is 12.1. The Labute approximate surface area is 108 Å². The minimum Gasteiger partial charge on any atom is -0.459 e. The molecule has 0 unspecified atom stereocenters. The molecular formula is C14H19ClO2. The zero-order valence-corrected chi connectivity index (χ0v) is 11.8. The first-order valence-corrected chi connectivity index (χ1v) is 6.00. The molecule has 3 heteroatoms. The highest BCUT2D eigenvalue weighted by atomic mass is 35.5. The van der Waals surface area contributed by atoms with Gasteiger partial charge in [0.25, 0.3) is 0 Å². The summed E-state index contributed by atoms with van der Waals surface area (Å²) in [5.41, 5.74) is -0.241. The molecule has 0 radical (unpaired) electrons. The van der Waals surface area contributed by atoms with Crippen molar-refractivity contribution in [1.29, 1.82) is 0 Å². The molecule has 0 aliphatic carbocycles. The molecule has 0 spiro atoms. The lowest BCUT2D eigenvalue weighted by Crippen LogP contribution is -2.36. The number of hydrogen-bond donors (Lipinski definition) is 0. The minimum atomic E-state index is -0.669. The van der Waals surface area contributed by atoms with Crippen molar-refractivity contribution in [2.45, 2.75) is 45.6 Å². The summed E-state index contributed by atoms with van der Waals surface area (Å²) < 4.78 is 5.42. The average Bonchev–Trinajstić information content (AvgIpc) is 2.15. The lowest BCUT2D eigenvalue weighted by molar-refractivity contribution is -0.160. The van der Waals surface area contributed by atoms with Crippen LogP contribution >= 0.6 is 11.6 Å². The quantitative estimate of drug-likeness (QED) is 0.747. The maximum absolute atomic E-state index is 12.1. The second kappa shape index (κ2) is 4.69. The van der Waals surface area contributed by atoms with Crippen LogP contribution in [0.1, 0.15) is 40.2 Å². The molecule has 1 rings (SSSR count). The summed E-state index contributed by atoms with van der Waals surface area (Å²) in [5, 5.41) is 0.661. The highest BCUT2D eigenvalue weighted by Crippen LogP contribution is 2.27. The fraction of sp³-hybridized carbons (Fsp3) is 0.500. The van der Waals surface area contributed by atoms with Crippen molar-refractivity contribution in [2.75, 3.05) is 0 Å². The molecule has 2 nitrogen and oxygen atoms in total. The number of rotatable bonds is 2. The van der Waals surface area contributed by atoms with Gasteiger partial charge in [-0.3, -0.25) is 4.79 Å². The predicted octanol–water partition coefficient (Wildman–Crippen LogP) is 3.96. The standard InChI is InChI=1S/C14H19ClO2/c1-13(2,3)17-12(16)14(4,5)10-6-8-11(15)9-7-10/h6-9H,1-5H3. The molecule has 17 heavy (non-hydrogen) atoms. The van der Waals surface area contributed by atoms with Gasteiger partial charge in [0.15, 0.2) is 0 Å². The zero-order valence-electron chi connectivity index (χ0n) is 11.0. The number of hydrogen-bond acceptors (Lipinski definition) is 2. The van der Waals surface area contributed by atoms with Crippen molar-refractivity contribution in [3.63, 3.8) is 0 Å². The third-order valence-electron chi connectivity index (χ3n) is 2.48. The molecule has 1 aromatic rings. The molecule has 1 aromatic carbocycles. The van der Waals surface area contributed by atoms with Crippen LogP contribution in [-0.4, -0.2) is 11.6 Å². The van der Waals surface area contributed by atoms with Gasteiger partial charge in [-0.25, -0.2) is 0 Å². The van der Waals surface area contributed by atoms with E-state index in [0.29, 0.717) is 5.02 Å². The number of benzene rings is 1. The van der Waals surface area contributed by atoms with Gasteiger partial charge in [0.2, 0.25) is 0 Å². The summed E-state index contributed by atoms with van der Waals surface area (Å²) in [5.74, 6) is -0.229. The van der Waals surface area contributed by atoms with E-state index in [1.165, 1.54) is 0 Å². The van der Waals surface area contributed by atoms with E-state index >= 15 is 0 Å². The van der Waals surface area contributed by atoms with E-state index in [1.54, 1.807) is 12.1 Å². The third kappa shape index (κ3) is 3.74. The summed E-state index contributed by atoms with van der Waals surface area (Å²) in [6, 6.07) is 7.27. The summed E-state index contributed by atoms with van der Waals surface area (Å²) in [7, 11) is 0. The van der Waals surface area contributed by atoms with Crippen LogP contribution < -0.4 is 0 Å². The molecule has 0 saturated heterocycles. The average molecular weight is 255 g/mol. The highest BCUT2D eigenvalue weighted by molar-refractivity contribution is 6.30. The molecule has 0 heterocycles. The van der Waals surface area contributed by atoms with E-state index in [4.69, 9.17) is 16.3 Å². The van der Waals surface area contributed by atoms with E-state index in [1.807, 2.05) is 46.8 Å². The smallest absolute Gasteiger partial charge is 0.316 e. The van der Waals surface area contributed by atoms with Crippen LogP contribution in [-0.2, 0) is 14.9 Å². The van der Waals surface area contributed by atoms with Crippen LogP contribution in [0.4, 0.5) is 0 Å². The molecule has 0 aromatic heterocycles. The van der Waals surface area contributed by atoms with Crippen molar-refractivity contribution >= 4 is 17.6 Å². The summed E-state index contributed by atoms with van der Waals surface area (Å²) in [6.45, 7) is 9.29. The lowest BCUT2D eigenvalue weighted by atomic mass is 9.84. The van der Waals surface area contributed by atoms with Crippen LogP contribution in [0.5, 0.6) is 0 Å². The van der Waals surface area contributed by atoms with E-state index in [2.05, 4.69) is 0 Å². The van der Waals surface area contributed by atoms with Gasteiger partial charge in [-0.15, -0.1) is 0 Å². The number of halogens is 1. The van der Waals surface area contributed by atoms with Crippen molar-refractivity contribution in [2.24, 2.45) is 0 Å². The molecular weight excluding hydrogens is 236 g/mol. The van der Waals surface area contributed by atoms with E-state index < -0.39 is 11.0 Å². The number of ether oxygens (including phenoxy) is 1. The molecule has 94 valence electrons. The number of esters is 1. The second-order valence-corrected chi connectivity index (χ2v) is 6.07. The maximum Gasteiger partial charge on any atom is 0.316 e. The van der Waals surface area contributed by atoms with E-state index in [0.717, 1.165) is 5.56 Å². The number of carbonyl (C=O) groups is 1. The molecule has 0 aliphatic heterocycles. The van der Waals surface area contributed by atoms with Crippen molar-refractivity contribution < 1.29 is 9.53 Å². The van der Waals surface area contributed by atoms with Crippen LogP contribution in [0.15, 0.2) is 24.3 Å². The van der Waals surface area contributed by atoms with Crippen LogP contribution in [0.2, 0.25) is 5.02 Å². The Balaban J connectivity index is 2.94. The van der Waals surface area contributed by atoms with Gasteiger partial charge in [-0.05, 0) is 52.3 Å². The fourth-order valence-corrected chi connectivity index (χ4v) is 1.52. The summed E-state index contributed by atoms with van der Waals surface area (Å²) >= 11 is 5.83. The second-order valence-electron chi connectivity index (χ2n) is 5.63. The fourth-order valence-electron chi connectivity index (χ4n) is 1.39. The van der Waals surface area contributed by atoms with Gasteiger partial charge in [0.1, 0.15) is 5.60 Å². The SMILES string of the molecule is CC(C)(C)OC(=O)C(C)(C)c1ccc(Cl)cc1. The van der Waals surface area contributed by atoms with Gasteiger partial charge in [0, 0.05) is 5.02 Å². The van der Waals surface area contributed by atoms with Gasteiger partial charge >= 0.3 is 5.97 Å². The third-order valence-corrected chi connectivity index (χ3v) is 2.73. The first kappa shape index (κ1) is 14.0. The van der Waals surface area contributed by atoms with Crippen LogP contribution in [0.25, 0.3) is 0 Å². The Morgan fingerprint density at radius 3 is 1.94 bits per heavy atom. The summed E-state index contributed by atoms with van der Waals surface area (Å²) in [6.07, 6.45) is 0. The molecule has 0 bridgehead atoms. The largest absolute Gasteiger partial charge is 0.459 e. The Bertz CT molecular complexity index is 399. The Morgan fingerprint density at radius 2 is 1.53 bits per heavy atom. The highest BCUT2D eigenvalue weighted by Gasteiger charge is 2.34. The van der Waals surface area contributed by atoms with Crippen LogP contribution in [0.3, 0.4) is 0 Å². The molecule has 0 fully saturated rings. The molecule has 0 N–H and O–H groups in total. The number of carbonyl (C=O) groups excluding carboxylic acids is 1. The van der Waals surface area contributed by atoms with Crippen molar-refractivity contribution in [3.8, 4) is 0 Å². The van der Waals surface area contributed by atoms with Crippen LogP contribution in [0, 0.1) is 0 Å². The van der Waals surface area contributed by atoms with Crippen molar-refractivity contribution in [3.05, 3.63) is 34.9 Å². The first-order chi connectivity index (χ1) is 7.63. The Kier molecular flexibility index (Phi) is 3.88. The van der Waals surface area contributed by atoms with Gasteiger partial charge in [-0.1, -0.05) is 23.7 Å². The Hall–Kier alpha value is -1.02. The van der Waals surface area contributed by atoms with Crippen molar-refractivity contribution in [1.82, 2.24) is 0 Å². The molecule has 0 amide bonds. The van der Waals surface area contributed by atoms with Gasteiger partial charge in [-0.2, -0.15) is 0 Å². The molecule has 0 atom stereocenters. The van der Waals surface area contributed by atoms with Gasteiger partial charge in [0.05, 0.1) is 5.41 Å². The maximum atomic E-state index is 12.1. The Morgan fingerprint density at radius 1 is 1.06 bits per heavy atom. The predicted molar refractivity (Wildman–Crippen MR) is 70.3 cm³/mol.